The number of carbonyl (C=O) groups is 1. The maximum atomic E-state index is 12.0. The van der Waals surface area contributed by atoms with Crippen molar-refractivity contribution < 1.29 is 9.53 Å². The summed E-state index contributed by atoms with van der Waals surface area (Å²) in [6, 6.07) is 0.380. The number of thiazole rings is 1. The van der Waals surface area contributed by atoms with Crippen LogP contribution in [0, 0.1) is 6.92 Å². The van der Waals surface area contributed by atoms with E-state index in [1.54, 1.807) is 14.0 Å². The van der Waals surface area contributed by atoms with Crippen LogP contribution in [0.5, 0.6) is 0 Å². The van der Waals surface area contributed by atoms with Crippen LogP contribution in [0.3, 0.4) is 0 Å². The molecule has 28 heavy (non-hydrogen) atoms. The number of guanidine groups is 1. The number of aryl methyl sites for hydroxylation is 1. The topological polar surface area (TPSA) is 82.1 Å². The predicted molar refractivity (Wildman–Crippen MR) is 125 cm³/mol. The minimum absolute atomic E-state index is 0. The zero-order chi connectivity index (χ0) is 20.0. The maximum absolute atomic E-state index is 12.0. The number of halogens is 1. The molecule has 0 radical (unpaired) electrons. The molecule has 1 aliphatic heterocycles. The molecule has 0 aromatic carbocycles. The van der Waals surface area contributed by atoms with Crippen molar-refractivity contribution in [2.45, 2.75) is 32.9 Å². The molecule has 2 atom stereocenters. The predicted octanol–water partition coefficient (Wildman–Crippen LogP) is 1.72. The third-order valence-electron chi connectivity index (χ3n) is 4.71. The van der Waals surface area contributed by atoms with Gasteiger partial charge in [0.25, 0.3) is 0 Å². The van der Waals surface area contributed by atoms with E-state index < -0.39 is 0 Å². The Balaban J connectivity index is 0.00000392. The van der Waals surface area contributed by atoms with Gasteiger partial charge in [-0.15, -0.1) is 35.3 Å². The molecule has 0 saturated carbocycles. The van der Waals surface area contributed by atoms with E-state index >= 15 is 0 Å². The van der Waals surface area contributed by atoms with Crippen molar-refractivity contribution in [3.8, 4) is 0 Å². The molecule has 2 heterocycles. The Bertz CT molecular complexity index is 669. The standard InChI is InChI=1S/C18H32N6O2S.HI/c1-7-26-17(25)15-12(2)21-16(27-15)13(3)22-18(19-4)20-10-14-11-23(5)8-9-24(14)6;/h13-14H,7-11H2,1-6H3,(H2,19,20,22);1H. The van der Waals surface area contributed by atoms with Crippen LogP contribution in [-0.2, 0) is 4.74 Å². The molecule has 0 spiro atoms. The number of hydrogen-bond donors (Lipinski definition) is 2. The van der Waals surface area contributed by atoms with Gasteiger partial charge >= 0.3 is 5.97 Å². The number of esters is 1. The summed E-state index contributed by atoms with van der Waals surface area (Å²) < 4.78 is 5.09. The number of piperazine rings is 1. The van der Waals surface area contributed by atoms with Gasteiger partial charge in [0.05, 0.1) is 18.3 Å². The summed E-state index contributed by atoms with van der Waals surface area (Å²) in [5.41, 5.74) is 0.705. The highest BCUT2D eigenvalue weighted by molar-refractivity contribution is 14.0. The van der Waals surface area contributed by atoms with Crippen molar-refractivity contribution in [2.75, 3.05) is 53.9 Å². The molecule has 1 saturated heterocycles. The quantitative estimate of drug-likeness (QED) is 0.254. The van der Waals surface area contributed by atoms with Crippen LogP contribution >= 0.6 is 35.3 Å². The molecule has 2 rings (SSSR count). The second-order valence-electron chi connectivity index (χ2n) is 6.90. The fourth-order valence-corrected chi connectivity index (χ4v) is 3.95. The lowest BCUT2D eigenvalue weighted by Crippen LogP contribution is -2.55. The summed E-state index contributed by atoms with van der Waals surface area (Å²) in [7, 11) is 6.07. The van der Waals surface area contributed by atoms with Crippen LogP contribution in [0.4, 0.5) is 0 Å². The summed E-state index contributed by atoms with van der Waals surface area (Å²) >= 11 is 1.37. The average Bonchev–Trinajstić information content (AvgIpc) is 3.03. The first-order chi connectivity index (χ1) is 12.8. The van der Waals surface area contributed by atoms with Gasteiger partial charge in [0.2, 0.25) is 0 Å². The van der Waals surface area contributed by atoms with Crippen molar-refractivity contribution in [3.63, 3.8) is 0 Å². The first kappa shape index (κ1) is 25.1. The van der Waals surface area contributed by atoms with Crippen LogP contribution in [0.15, 0.2) is 4.99 Å². The lowest BCUT2D eigenvalue weighted by atomic mass is 10.2. The summed E-state index contributed by atoms with van der Waals surface area (Å²) in [5, 5.41) is 7.61. The number of carbonyl (C=O) groups excluding carboxylic acids is 1. The molecule has 2 N–H and O–H groups in total. The molecular formula is C18H33IN6O2S. The summed E-state index contributed by atoms with van der Waals surface area (Å²) in [6.07, 6.45) is 0. The Labute approximate surface area is 189 Å². The Hall–Kier alpha value is -0.980. The fourth-order valence-electron chi connectivity index (χ4n) is 2.99. The zero-order valence-corrected chi connectivity index (χ0v) is 20.8. The van der Waals surface area contributed by atoms with Crippen LogP contribution in [-0.4, -0.2) is 86.7 Å². The number of rotatable bonds is 6. The molecule has 1 aromatic rings. The third kappa shape index (κ3) is 6.82. The second-order valence-corrected chi connectivity index (χ2v) is 7.93. The SMILES string of the molecule is CCOC(=O)c1sc(C(C)NC(=NC)NCC2CN(C)CCN2C)nc1C.I. The smallest absolute Gasteiger partial charge is 0.350 e. The average molecular weight is 524 g/mol. The molecule has 0 amide bonds. The van der Waals surface area contributed by atoms with E-state index in [2.05, 4.69) is 44.5 Å². The number of ether oxygens (including phenoxy) is 1. The van der Waals surface area contributed by atoms with Gasteiger partial charge in [0.15, 0.2) is 5.96 Å². The van der Waals surface area contributed by atoms with Gasteiger partial charge in [-0.25, -0.2) is 9.78 Å². The van der Waals surface area contributed by atoms with Gasteiger partial charge in [0.1, 0.15) is 9.88 Å². The van der Waals surface area contributed by atoms with Crippen LogP contribution < -0.4 is 10.6 Å². The highest BCUT2D eigenvalue weighted by atomic mass is 127. The number of aromatic nitrogens is 1. The number of nitrogens with zero attached hydrogens (tertiary/aromatic N) is 4. The van der Waals surface area contributed by atoms with Crippen molar-refractivity contribution in [1.29, 1.82) is 0 Å². The summed E-state index contributed by atoms with van der Waals surface area (Å²) in [6.45, 7) is 10.0. The maximum Gasteiger partial charge on any atom is 0.350 e. The number of aliphatic imine (C=N–C) groups is 1. The van der Waals surface area contributed by atoms with E-state index in [1.807, 2.05) is 13.8 Å². The first-order valence-corrected chi connectivity index (χ1v) is 10.2. The molecule has 1 aliphatic rings. The van der Waals surface area contributed by atoms with E-state index in [0.29, 0.717) is 23.2 Å². The van der Waals surface area contributed by atoms with Gasteiger partial charge in [-0.3, -0.25) is 9.89 Å². The molecule has 0 aliphatic carbocycles. The Kier molecular flexibility index (Phi) is 10.6. The second kappa shape index (κ2) is 11.9. The van der Waals surface area contributed by atoms with Crippen molar-refractivity contribution in [1.82, 2.24) is 25.4 Å². The summed E-state index contributed by atoms with van der Waals surface area (Å²) in [4.78, 5) is 26.1. The van der Waals surface area contributed by atoms with E-state index in [1.165, 1.54) is 11.3 Å². The largest absolute Gasteiger partial charge is 0.462 e. The lowest BCUT2D eigenvalue weighted by molar-refractivity contribution is 0.0531. The molecule has 1 aromatic heterocycles. The number of likely N-dealkylation sites (N-methyl/N-ethyl adjacent to an activating group) is 2. The van der Waals surface area contributed by atoms with Gasteiger partial charge in [-0.05, 0) is 34.9 Å². The molecule has 0 bridgehead atoms. The lowest BCUT2D eigenvalue weighted by Gasteiger charge is -2.38. The van der Waals surface area contributed by atoms with E-state index in [4.69, 9.17) is 4.74 Å². The van der Waals surface area contributed by atoms with Gasteiger partial charge < -0.3 is 20.3 Å². The van der Waals surface area contributed by atoms with Crippen LogP contribution in [0.1, 0.15) is 40.3 Å². The fraction of sp³-hybridized carbons (Fsp3) is 0.722. The van der Waals surface area contributed by atoms with Gasteiger partial charge in [-0.2, -0.15) is 0 Å². The minimum Gasteiger partial charge on any atom is -0.462 e. The van der Waals surface area contributed by atoms with Crippen molar-refractivity contribution in [2.24, 2.45) is 4.99 Å². The number of hydrogen-bond acceptors (Lipinski definition) is 7. The Morgan fingerprint density at radius 3 is 2.79 bits per heavy atom. The highest BCUT2D eigenvalue weighted by Gasteiger charge is 2.23. The van der Waals surface area contributed by atoms with E-state index in [-0.39, 0.29) is 36.0 Å². The zero-order valence-electron chi connectivity index (χ0n) is 17.6. The monoisotopic (exact) mass is 524 g/mol. The molecule has 160 valence electrons. The van der Waals surface area contributed by atoms with Crippen molar-refractivity contribution in [3.05, 3.63) is 15.6 Å². The Morgan fingerprint density at radius 1 is 1.43 bits per heavy atom. The van der Waals surface area contributed by atoms with Gasteiger partial charge in [-0.1, -0.05) is 0 Å². The van der Waals surface area contributed by atoms with Crippen molar-refractivity contribution >= 4 is 47.2 Å². The Morgan fingerprint density at radius 2 is 2.14 bits per heavy atom. The highest BCUT2D eigenvalue weighted by Crippen LogP contribution is 2.24. The molecule has 10 heteroatoms. The molecule has 8 nitrogen and oxygen atoms in total. The van der Waals surface area contributed by atoms with Crippen LogP contribution in [0.2, 0.25) is 0 Å². The van der Waals surface area contributed by atoms with E-state index in [9.17, 15) is 4.79 Å². The molecule has 1 fully saturated rings. The molecular weight excluding hydrogens is 491 g/mol. The summed E-state index contributed by atoms with van der Waals surface area (Å²) in [5.74, 6) is 0.424. The third-order valence-corrected chi connectivity index (χ3v) is 6.03. The van der Waals surface area contributed by atoms with E-state index in [0.717, 1.165) is 37.1 Å². The first-order valence-electron chi connectivity index (χ1n) is 9.36. The minimum atomic E-state index is -0.307. The normalized spacial score (nSPS) is 19.6. The van der Waals surface area contributed by atoms with Gasteiger partial charge in [0, 0.05) is 39.3 Å². The van der Waals surface area contributed by atoms with Crippen LogP contribution in [0.25, 0.3) is 0 Å². The molecule has 2 unspecified atom stereocenters. The number of nitrogens with one attached hydrogen (secondary N) is 2.